The van der Waals surface area contributed by atoms with E-state index in [1.54, 1.807) is 20.8 Å². The number of halogens is 1. The van der Waals surface area contributed by atoms with Gasteiger partial charge in [-0.05, 0) is 51.0 Å². The van der Waals surface area contributed by atoms with E-state index in [0.717, 1.165) is 0 Å². The lowest BCUT2D eigenvalue weighted by Crippen LogP contribution is -2.48. The fourth-order valence-corrected chi connectivity index (χ4v) is 1.76. The van der Waals surface area contributed by atoms with Gasteiger partial charge in [0.25, 0.3) is 5.91 Å². The summed E-state index contributed by atoms with van der Waals surface area (Å²) in [5.74, 6) is -1.06. The number of carbonyl (C=O) groups excluding carboxylic acids is 2. The van der Waals surface area contributed by atoms with Crippen LogP contribution in [0.3, 0.4) is 0 Å². The molecule has 128 valence electrons. The molecular weight excluding hydrogens is 301 g/mol. The highest BCUT2D eigenvalue weighted by Crippen LogP contribution is 2.13. The summed E-state index contributed by atoms with van der Waals surface area (Å²) >= 11 is 0. The highest BCUT2D eigenvalue weighted by molar-refractivity contribution is 5.85. The molecule has 0 aromatic heterocycles. The summed E-state index contributed by atoms with van der Waals surface area (Å²) in [7, 11) is 0. The molecule has 1 rings (SSSR count). The minimum atomic E-state index is -0.751. The molecule has 0 fully saturated rings. The molecular formula is C17H24FNO4. The van der Waals surface area contributed by atoms with Crippen LogP contribution in [0.5, 0.6) is 5.75 Å². The second-order valence-electron chi connectivity index (χ2n) is 6.57. The molecule has 0 aliphatic carbocycles. The van der Waals surface area contributed by atoms with Crippen molar-refractivity contribution < 1.29 is 23.5 Å². The third-order valence-corrected chi connectivity index (χ3v) is 2.83. The van der Waals surface area contributed by atoms with E-state index in [-0.39, 0.29) is 18.3 Å². The number of rotatable bonds is 6. The summed E-state index contributed by atoms with van der Waals surface area (Å²) in [5, 5.41) is 2.61. The van der Waals surface area contributed by atoms with Crippen LogP contribution in [0.4, 0.5) is 4.39 Å². The van der Waals surface area contributed by atoms with Gasteiger partial charge in [-0.1, -0.05) is 13.8 Å². The predicted octanol–water partition coefficient (Wildman–Crippen LogP) is 2.69. The van der Waals surface area contributed by atoms with Gasteiger partial charge in [-0.2, -0.15) is 0 Å². The lowest BCUT2D eigenvalue weighted by atomic mass is 10.0. The van der Waals surface area contributed by atoms with Gasteiger partial charge in [-0.15, -0.1) is 0 Å². The molecule has 5 nitrogen and oxygen atoms in total. The summed E-state index contributed by atoms with van der Waals surface area (Å²) < 4.78 is 23.3. The maximum Gasteiger partial charge on any atom is 0.329 e. The first-order valence-electron chi connectivity index (χ1n) is 7.49. The zero-order chi connectivity index (χ0) is 17.6. The van der Waals surface area contributed by atoms with E-state index in [2.05, 4.69) is 5.32 Å². The predicted molar refractivity (Wildman–Crippen MR) is 84.5 cm³/mol. The Morgan fingerprint density at radius 1 is 1.17 bits per heavy atom. The number of esters is 1. The summed E-state index contributed by atoms with van der Waals surface area (Å²) in [6.07, 6.45) is 0. The van der Waals surface area contributed by atoms with Gasteiger partial charge in [0.05, 0.1) is 0 Å². The molecule has 1 N–H and O–H groups in total. The molecule has 0 aliphatic heterocycles. The van der Waals surface area contributed by atoms with E-state index in [9.17, 15) is 14.0 Å². The first-order chi connectivity index (χ1) is 10.6. The van der Waals surface area contributed by atoms with Crippen LogP contribution < -0.4 is 10.1 Å². The van der Waals surface area contributed by atoms with Gasteiger partial charge >= 0.3 is 5.97 Å². The van der Waals surface area contributed by atoms with E-state index in [0.29, 0.717) is 5.75 Å². The molecule has 23 heavy (non-hydrogen) atoms. The molecule has 0 radical (unpaired) electrons. The Bertz CT molecular complexity index is 535. The van der Waals surface area contributed by atoms with E-state index >= 15 is 0 Å². The summed E-state index contributed by atoms with van der Waals surface area (Å²) in [5.41, 5.74) is -0.625. The van der Waals surface area contributed by atoms with Crippen molar-refractivity contribution in [2.45, 2.75) is 46.3 Å². The van der Waals surface area contributed by atoms with Gasteiger partial charge in [0.15, 0.2) is 6.61 Å². The molecule has 0 aliphatic rings. The normalized spacial score (nSPS) is 12.7. The second kappa shape index (κ2) is 7.94. The molecule has 6 heteroatoms. The quantitative estimate of drug-likeness (QED) is 0.817. The van der Waals surface area contributed by atoms with Crippen molar-refractivity contribution in [2.24, 2.45) is 5.92 Å². The first-order valence-corrected chi connectivity index (χ1v) is 7.49. The molecule has 1 amide bonds. The molecule has 0 spiro atoms. The molecule has 1 aromatic carbocycles. The van der Waals surface area contributed by atoms with E-state index < -0.39 is 23.5 Å². The number of hydrogen-bond donors (Lipinski definition) is 1. The number of ether oxygens (including phenoxy) is 2. The number of carbonyl (C=O) groups is 2. The summed E-state index contributed by atoms with van der Waals surface area (Å²) in [6, 6.07) is 4.58. The minimum absolute atomic E-state index is 0.125. The number of amides is 1. The van der Waals surface area contributed by atoms with Gasteiger partial charge < -0.3 is 14.8 Å². The van der Waals surface area contributed by atoms with Gasteiger partial charge in [0.2, 0.25) is 0 Å². The van der Waals surface area contributed by atoms with Gasteiger partial charge in [0.1, 0.15) is 23.2 Å². The first kappa shape index (κ1) is 18.9. The maximum absolute atomic E-state index is 12.8. The standard InChI is InChI=1S/C17H24FNO4/c1-11(2)15(16(21)23-17(3,4)5)19-14(20)10-22-13-8-6-12(18)7-9-13/h6-9,11,15H,10H2,1-5H3,(H,19,20)/t15-/m0/s1. The van der Waals surface area contributed by atoms with Crippen molar-refractivity contribution in [1.82, 2.24) is 5.32 Å². The van der Waals surface area contributed by atoms with Crippen LogP contribution in [0, 0.1) is 11.7 Å². The van der Waals surface area contributed by atoms with Gasteiger partial charge in [0, 0.05) is 0 Å². The maximum atomic E-state index is 12.8. The number of hydrogen-bond acceptors (Lipinski definition) is 4. The van der Waals surface area contributed by atoms with Crippen LogP contribution in [-0.4, -0.2) is 30.1 Å². The Balaban J connectivity index is 2.57. The van der Waals surface area contributed by atoms with Crippen molar-refractivity contribution in [3.8, 4) is 5.75 Å². The fraction of sp³-hybridized carbons (Fsp3) is 0.529. The molecule has 1 atom stereocenters. The minimum Gasteiger partial charge on any atom is -0.484 e. The lowest BCUT2D eigenvalue weighted by molar-refractivity contribution is -0.160. The Morgan fingerprint density at radius 2 is 1.74 bits per heavy atom. The van der Waals surface area contributed by atoms with Crippen molar-refractivity contribution in [1.29, 1.82) is 0 Å². The van der Waals surface area contributed by atoms with Crippen LogP contribution in [0.25, 0.3) is 0 Å². The molecule has 0 saturated heterocycles. The SMILES string of the molecule is CC(C)[C@H](NC(=O)COc1ccc(F)cc1)C(=O)OC(C)(C)C. The smallest absolute Gasteiger partial charge is 0.329 e. The Kier molecular flexibility index (Phi) is 6.54. The average molecular weight is 325 g/mol. The van der Waals surface area contributed by atoms with E-state index in [4.69, 9.17) is 9.47 Å². The molecule has 0 bridgehead atoms. The van der Waals surface area contributed by atoms with Crippen LogP contribution >= 0.6 is 0 Å². The number of benzene rings is 1. The van der Waals surface area contributed by atoms with Crippen LogP contribution in [0.2, 0.25) is 0 Å². The summed E-state index contributed by atoms with van der Waals surface area (Å²) in [6.45, 7) is 8.66. The number of nitrogens with one attached hydrogen (secondary N) is 1. The molecule has 0 unspecified atom stereocenters. The third-order valence-electron chi connectivity index (χ3n) is 2.83. The van der Waals surface area contributed by atoms with Crippen molar-refractivity contribution in [3.63, 3.8) is 0 Å². The molecule has 1 aromatic rings. The third kappa shape index (κ3) is 7.13. The lowest BCUT2D eigenvalue weighted by Gasteiger charge is -2.26. The zero-order valence-electron chi connectivity index (χ0n) is 14.2. The monoisotopic (exact) mass is 325 g/mol. The van der Waals surface area contributed by atoms with Crippen molar-refractivity contribution in [3.05, 3.63) is 30.1 Å². The summed E-state index contributed by atoms with van der Waals surface area (Å²) in [4.78, 5) is 24.1. The Labute approximate surface area is 136 Å². The van der Waals surface area contributed by atoms with Crippen LogP contribution in [0.15, 0.2) is 24.3 Å². The van der Waals surface area contributed by atoms with Crippen LogP contribution in [-0.2, 0) is 14.3 Å². The highest BCUT2D eigenvalue weighted by atomic mass is 19.1. The highest BCUT2D eigenvalue weighted by Gasteiger charge is 2.29. The average Bonchev–Trinajstić information content (AvgIpc) is 2.41. The van der Waals surface area contributed by atoms with Crippen molar-refractivity contribution in [2.75, 3.05) is 6.61 Å². The fourth-order valence-electron chi connectivity index (χ4n) is 1.76. The largest absolute Gasteiger partial charge is 0.484 e. The van der Waals surface area contributed by atoms with Crippen molar-refractivity contribution >= 4 is 11.9 Å². The van der Waals surface area contributed by atoms with E-state index in [1.807, 2.05) is 13.8 Å². The molecule has 0 saturated carbocycles. The Morgan fingerprint density at radius 3 is 2.22 bits per heavy atom. The second-order valence-corrected chi connectivity index (χ2v) is 6.57. The van der Waals surface area contributed by atoms with Gasteiger partial charge in [-0.25, -0.2) is 9.18 Å². The van der Waals surface area contributed by atoms with Crippen LogP contribution in [0.1, 0.15) is 34.6 Å². The molecule has 0 heterocycles. The topological polar surface area (TPSA) is 64.6 Å². The van der Waals surface area contributed by atoms with E-state index in [1.165, 1.54) is 24.3 Å². The Hall–Kier alpha value is -2.11. The van der Waals surface area contributed by atoms with Gasteiger partial charge in [-0.3, -0.25) is 4.79 Å². The zero-order valence-corrected chi connectivity index (χ0v) is 14.2.